The van der Waals surface area contributed by atoms with Crippen molar-refractivity contribution in [3.05, 3.63) is 46.8 Å². The Bertz CT molecular complexity index is 703. The summed E-state index contributed by atoms with van der Waals surface area (Å²) in [5, 5.41) is 10.9. The predicted octanol–water partition coefficient (Wildman–Crippen LogP) is 3.78. The molecule has 2 aromatic rings. The number of aryl methyl sites for hydroxylation is 3. The zero-order valence-electron chi connectivity index (χ0n) is 17.7. The molecule has 0 atom stereocenters. The van der Waals surface area contributed by atoms with Crippen LogP contribution in [0.4, 0.5) is 5.69 Å². The molecule has 2 N–H and O–H groups in total. The Morgan fingerprint density at radius 1 is 1.11 bits per heavy atom. The Kier molecular flexibility index (Phi) is 11.0. The summed E-state index contributed by atoms with van der Waals surface area (Å²) in [4.78, 5) is 6.43. The van der Waals surface area contributed by atoms with Crippen LogP contribution in [0.1, 0.15) is 42.8 Å². The second kappa shape index (κ2) is 12.6. The van der Waals surface area contributed by atoms with Gasteiger partial charge in [-0.25, -0.2) is 0 Å². The first kappa shape index (κ1) is 24.3. The average Bonchev–Trinajstić information content (AvgIpc) is 3.09. The molecule has 1 heterocycles. The van der Waals surface area contributed by atoms with Crippen molar-refractivity contribution in [2.45, 2.75) is 46.1 Å². The van der Waals surface area contributed by atoms with Gasteiger partial charge in [0.2, 0.25) is 0 Å². The Morgan fingerprint density at radius 3 is 2.39 bits per heavy atom. The molecule has 0 aliphatic rings. The van der Waals surface area contributed by atoms with Gasteiger partial charge in [-0.2, -0.15) is 0 Å². The lowest BCUT2D eigenvalue weighted by molar-refractivity contribution is 0.380. The van der Waals surface area contributed by atoms with E-state index < -0.39 is 0 Å². The first-order chi connectivity index (χ1) is 13.1. The van der Waals surface area contributed by atoms with E-state index >= 15 is 0 Å². The molecule has 0 bridgehead atoms. The Hall–Kier alpha value is -1.77. The van der Waals surface area contributed by atoms with Gasteiger partial charge in [-0.3, -0.25) is 4.99 Å². The quantitative estimate of drug-likeness (QED) is 0.238. The van der Waals surface area contributed by atoms with E-state index in [9.17, 15) is 0 Å². The summed E-state index contributed by atoms with van der Waals surface area (Å²) >= 11 is 0. The number of hydrogen-bond donors (Lipinski definition) is 2. The molecule has 0 radical (unpaired) electrons. The van der Waals surface area contributed by atoms with Crippen LogP contribution in [0.5, 0.6) is 0 Å². The van der Waals surface area contributed by atoms with Gasteiger partial charge in [0.15, 0.2) is 5.96 Å². The fourth-order valence-electron chi connectivity index (χ4n) is 2.99. The minimum Gasteiger partial charge on any atom is -0.378 e. The summed E-state index contributed by atoms with van der Waals surface area (Å²) in [6.07, 6.45) is 3.82. The first-order valence-electron chi connectivity index (χ1n) is 9.76. The minimum absolute atomic E-state index is 0. The van der Waals surface area contributed by atoms with Crippen LogP contribution in [0.2, 0.25) is 0 Å². The van der Waals surface area contributed by atoms with Gasteiger partial charge in [0.25, 0.3) is 0 Å². The van der Waals surface area contributed by atoms with Gasteiger partial charge < -0.3 is 20.1 Å². The normalized spacial score (nSPS) is 11.1. The van der Waals surface area contributed by atoms with E-state index in [1.54, 1.807) is 7.05 Å². The predicted molar refractivity (Wildman–Crippen MR) is 128 cm³/mol. The van der Waals surface area contributed by atoms with Gasteiger partial charge in [-0.1, -0.05) is 31.1 Å². The van der Waals surface area contributed by atoms with Crippen LogP contribution in [0, 0.1) is 0 Å². The Morgan fingerprint density at radius 2 is 1.82 bits per heavy atom. The molecule has 7 heteroatoms. The van der Waals surface area contributed by atoms with E-state index in [4.69, 9.17) is 4.52 Å². The number of nitrogens with one attached hydrogen (secondary N) is 2. The third-order valence-corrected chi connectivity index (χ3v) is 4.65. The van der Waals surface area contributed by atoms with Crippen LogP contribution in [-0.2, 0) is 25.8 Å². The summed E-state index contributed by atoms with van der Waals surface area (Å²) in [6.45, 7) is 5.74. The van der Waals surface area contributed by atoms with Crippen molar-refractivity contribution >= 4 is 35.6 Å². The molecule has 0 saturated heterocycles. The molecule has 1 aromatic carbocycles. The highest BCUT2D eigenvalue weighted by molar-refractivity contribution is 14.0. The van der Waals surface area contributed by atoms with Gasteiger partial charge >= 0.3 is 0 Å². The zero-order chi connectivity index (χ0) is 19.6. The Balaban J connectivity index is 0.00000392. The number of halogens is 1. The highest BCUT2D eigenvalue weighted by atomic mass is 127. The second-order valence-corrected chi connectivity index (χ2v) is 6.76. The van der Waals surface area contributed by atoms with Crippen LogP contribution in [0.3, 0.4) is 0 Å². The van der Waals surface area contributed by atoms with E-state index in [1.165, 1.54) is 11.3 Å². The monoisotopic (exact) mass is 499 g/mol. The smallest absolute Gasteiger partial charge is 0.191 e. The lowest BCUT2D eigenvalue weighted by Crippen LogP contribution is -2.37. The molecule has 0 spiro atoms. The molecule has 6 nitrogen and oxygen atoms in total. The zero-order valence-corrected chi connectivity index (χ0v) is 20.0. The lowest BCUT2D eigenvalue weighted by atomic mass is 10.1. The maximum Gasteiger partial charge on any atom is 0.191 e. The number of hydrogen-bond acceptors (Lipinski definition) is 4. The van der Waals surface area contributed by atoms with Gasteiger partial charge in [0.05, 0.1) is 5.69 Å². The number of nitrogens with zero attached hydrogens (tertiary/aromatic N) is 3. The number of benzene rings is 1. The summed E-state index contributed by atoms with van der Waals surface area (Å²) in [6, 6.07) is 8.73. The standard InChI is InChI=1S/C21H33N5O.HI/c1-6-19-18(20(7-2)27-25-19)15-24-21(22-3)23-14-8-9-16-10-12-17(13-11-16)26(4)5;/h10-13H,6-9,14-15H2,1-5H3,(H2,22,23,24);1H. The van der Waals surface area contributed by atoms with Crippen molar-refractivity contribution in [2.75, 3.05) is 32.6 Å². The average molecular weight is 499 g/mol. The highest BCUT2D eigenvalue weighted by Crippen LogP contribution is 2.15. The molecular weight excluding hydrogens is 465 g/mol. The molecule has 0 aliphatic heterocycles. The van der Waals surface area contributed by atoms with E-state index in [0.717, 1.165) is 55.2 Å². The summed E-state index contributed by atoms with van der Waals surface area (Å²) in [5.74, 6) is 1.76. The third kappa shape index (κ3) is 7.00. The fraction of sp³-hybridized carbons (Fsp3) is 0.524. The van der Waals surface area contributed by atoms with Gasteiger partial charge in [0, 0.05) is 51.9 Å². The number of rotatable bonds is 9. The fourth-order valence-corrected chi connectivity index (χ4v) is 2.99. The van der Waals surface area contributed by atoms with E-state index in [2.05, 4.69) is 77.9 Å². The topological polar surface area (TPSA) is 65.7 Å². The van der Waals surface area contributed by atoms with Crippen molar-refractivity contribution in [3.8, 4) is 0 Å². The van der Waals surface area contributed by atoms with Crippen molar-refractivity contribution < 1.29 is 4.52 Å². The summed E-state index contributed by atoms with van der Waals surface area (Å²) in [7, 11) is 5.92. The number of aromatic nitrogens is 1. The number of aliphatic imine (C=N–C) groups is 1. The number of guanidine groups is 1. The van der Waals surface area contributed by atoms with Crippen LogP contribution >= 0.6 is 24.0 Å². The van der Waals surface area contributed by atoms with Crippen LogP contribution < -0.4 is 15.5 Å². The van der Waals surface area contributed by atoms with Gasteiger partial charge in [0.1, 0.15) is 5.76 Å². The molecular formula is C21H34IN5O. The summed E-state index contributed by atoms with van der Waals surface area (Å²) < 4.78 is 5.42. The molecule has 0 saturated carbocycles. The molecule has 0 unspecified atom stereocenters. The molecule has 0 aliphatic carbocycles. The largest absolute Gasteiger partial charge is 0.378 e. The SMILES string of the molecule is CCc1noc(CC)c1CNC(=NC)NCCCc1ccc(N(C)C)cc1.I. The third-order valence-electron chi connectivity index (χ3n) is 4.65. The molecule has 2 rings (SSSR count). The maximum atomic E-state index is 5.42. The van der Waals surface area contributed by atoms with E-state index in [1.807, 2.05) is 0 Å². The minimum atomic E-state index is 0. The molecule has 28 heavy (non-hydrogen) atoms. The molecule has 0 fully saturated rings. The molecule has 0 amide bonds. The van der Waals surface area contributed by atoms with Crippen LogP contribution in [0.25, 0.3) is 0 Å². The van der Waals surface area contributed by atoms with E-state index in [-0.39, 0.29) is 24.0 Å². The van der Waals surface area contributed by atoms with Crippen LogP contribution in [-0.4, -0.2) is 38.8 Å². The molecule has 1 aromatic heterocycles. The van der Waals surface area contributed by atoms with Gasteiger partial charge in [-0.05, 0) is 37.0 Å². The van der Waals surface area contributed by atoms with E-state index in [0.29, 0.717) is 6.54 Å². The maximum absolute atomic E-state index is 5.42. The summed E-state index contributed by atoms with van der Waals surface area (Å²) in [5.41, 5.74) is 4.77. The van der Waals surface area contributed by atoms with Crippen molar-refractivity contribution in [1.29, 1.82) is 0 Å². The Labute approximate surface area is 186 Å². The van der Waals surface area contributed by atoms with Crippen molar-refractivity contribution in [1.82, 2.24) is 15.8 Å². The lowest BCUT2D eigenvalue weighted by Gasteiger charge is -2.13. The highest BCUT2D eigenvalue weighted by Gasteiger charge is 2.13. The molecule has 156 valence electrons. The van der Waals surface area contributed by atoms with Crippen molar-refractivity contribution in [3.63, 3.8) is 0 Å². The first-order valence-corrected chi connectivity index (χ1v) is 9.76. The van der Waals surface area contributed by atoms with Crippen LogP contribution in [0.15, 0.2) is 33.8 Å². The van der Waals surface area contributed by atoms with Gasteiger partial charge in [-0.15, -0.1) is 24.0 Å². The number of anilines is 1. The second-order valence-electron chi connectivity index (χ2n) is 6.76. The van der Waals surface area contributed by atoms with Crippen molar-refractivity contribution in [2.24, 2.45) is 4.99 Å².